The summed E-state index contributed by atoms with van der Waals surface area (Å²) in [5.41, 5.74) is 0. The number of hydrogen-bond acceptors (Lipinski definition) is 4. The Morgan fingerprint density at radius 1 is 1.38 bits per heavy atom. The number of Topliss-reactive ketones (excluding diaryl/α,β-unsaturated/α-hetero) is 1. The quantitative estimate of drug-likeness (QED) is 0.501. The van der Waals surface area contributed by atoms with Crippen LogP contribution in [0.5, 0.6) is 0 Å². The predicted molar refractivity (Wildman–Crippen MR) is 53.7 cm³/mol. The Labute approximate surface area is 83.2 Å². The highest BCUT2D eigenvalue weighted by atomic mass is 32.2. The normalized spacial score (nSPS) is 12.7. The van der Waals surface area contributed by atoms with Gasteiger partial charge < -0.3 is 4.74 Å². The Kier molecular flexibility index (Phi) is 5.79. The molecule has 4 heteroatoms. The first-order chi connectivity index (χ1) is 6.04. The van der Waals surface area contributed by atoms with Crippen LogP contribution in [0.2, 0.25) is 0 Å². The summed E-state index contributed by atoms with van der Waals surface area (Å²) >= 11 is 1.43. The van der Waals surface area contributed by atoms with E-state index in [2.05, 4.69) is 4.74 Å². The second-order valence-corrected chi connectivity index (χ2v) is 4.01. The van der Waals surface area contributed by atoms with Crippen molar-refractivity contribution >= 4 is 23.5 Å². The van der Waals surface area contributed by atoms with E-state index in [4.69, 9.17) is 0 Å². The molecule has 0 saturated heterocycles. The number of ketones is 1. The highest BCUT2D eigenvalue weighted by molar-refractivity contribution is 7.99. The molecule has 0 saturated carbocycles. The first kappa shape index (κ1) is 12.5. The summed E-state index contributed by atoms with van der Waals surface area (Å²) in [5, 5.41) is 0. The number of thioether (sulfide) groups is 1. The Morgan fingerprint density at radius 2 is 1.92 bits per heavy atom. The molecule has 13 heavy (non-hydrogen) atoms. The second-order valence-electron chi connectivity index (χ2n) is 3.14. The highest BCUT2D eigenvalue weighted by Crippen LogP contribution is 2.15. The lowest BCUT2D eigenvalue weighted by Crippen LogP contribution is -2.31. The Hall–Kier alpha value is -0.510. The van der Waals surface area contributed by atoms with Gasteiger partial charge in [-0.05, 0) is 12.2 Å². The van der Waals surface area contributed by atoms with Gasteiger partial charge in [-0.1, -0.05) is 13.8 Å². The Balaban J connectivity index is 4.41. The topological polar surface area (TPSA) is 43.4 Å². The molecule has 1 atom stereocenters. The van der Waals surface area contributed by atoms with E-state index < -0.39 is 11.9 Å². The van der Waals surface area contributed by atoms with Crippen LogP contribution in [-0.4, -0.2) is 30.9 Å². The van der Waals surface area contributed by atoms with Gasteiger partial charge >= 0.3 is 5.97 Å². The summed E-state index contributed by atoms with van der Waals surface area (Å²) < 4.78 is 4.57. The molecule has 76 valence electrons. The van der Waals surface area contributed by atoms with Gasteiger partial charge in [0.25, 0.3) is 0 Å². The van der Waals surface area contributed by atoms with Gasteiger partial charge in [0.15, 0.2) is 5.78 Å². The molecule has 0 aromatic rings. The standard InChI is InChI=1S/C9H16O3S/c1-6(2)8(9(11)12-3)7(10)5-13-4/h6,8H,5H2,1-4H3. The molecule has 0 heterocycles. The summed E-state index contributed by atoms with van der Waals surface area (Å²) in [6, 6.07) is 0. The molecule has 0 aliphatic carbocycles. The third kappa shape index (κ3) is 3.81. The highest BCUT2D eigenvalue weighted by Gasteiger charge is 2.29. The third-order valence-electron chi connectivity index (χ3n) is 1.76. The summed E-state index contributed by atoms with van der Waals surface area (Å²) in [6.45, 7) is 3.69. The second kappa shape index (κ2) is 6.02. The maximum Gasteiger partial charge on any atom is 0.316 e. The van der Waals surface area contributed by atoms with Crippen molar-refractivity contribution in [3.63, 3.8) is 0 Å². The molecule has 0 radical (unpaired) electrons. The molecule has 0 spiro atoms. The Bertz CT molecular complexity index is 189. The van der Waals surface area contributed by atoms with Gasteiger partial charge in [0.1, 0.15) is 5.92 Å². The fraction of sp³-hybridized carbons (Fsp3) is 0.778. The maximum atomic E-state index is 11.5. The monoisotopic (exact) mass is 204 g/mol. The van der Waals surface area contributed by atoms with Crippen LogP contribution >= 0.6 is 11.8 Å². The Morgan fingerprint density at radius 3 is 2.23 bits per heavy atom. The van der Waals surface area contributed by atoms with Crippen LogP contribution in [0.25, 0.3) is 0 Å². The van der Waals surface area contributed by atoms with E-state index in [1.807, 2.05) is 20.1 Å². The van der Waals surface area contributed by atoms with Crippen LogP contribution in [0.15, 0.2) is 0 Å². The van der Waals surface area contributed by atoms with Gasteiger partial charge in [-0.25, -0.2) is 0 Å². The van der Waals surface area contributed by atoms with Crippen molar-refractivity contribution in [1.82, 2.24) is 0 Å². The van der Waals surface area contributed by atoms with E-state index in [9.17, 15) is 9.59 Å². The minimum Gasteiger partial charge on any atom is -0.468 e. The van der Waals surface area contributed by atoms with Gasteiger partial charge in [0, 0.05) is 0 Å². The van der Waals surface area contributed by atoms with Crippen molar-refractivity contribution in [3.8, 4) is 0 Å². The van der Waals surface area contributed by atoms with Crippen molar-refractivity contribution in [2.24, 2.45) is 11.8 Å². The minimum atomic E-state index is -0.600. The zero-order valence-corrected chi connectivity index (χ0v) is 9.31. The minimum absolute atomic E-state index is 0.00657. The molecule has 3 nitrogen and oxygen atoms in total. The molecule has 0 aromatic heterocycles. The average Bonchev–Trinajstić information content (AvgIpc) is 2.04. The lowest BCUT2D eigenvalue weighted by molar-refractivity contribution is -0.150. The van der Waals surface area contributed by atoms with Crippen LogP contribution in [0.1, 0.15) is 13.8 Å². The first-order valence-electron chi connectivity index (χ1n) is 4.14. The molecule has 1 unspecified atom stereocenters. The third-order valence-corrected chi connectivity index (χ3v) is 2.33. The largest absolute Gasteiger partial charge is 0.468 e. The van der Waals surface area contributed by atoms with E-state index in [0.29, 0.717) is 5.75 Å². The van der Waals surface area contributed by atoms with E-state index in [1.54, 1.807) is 0 Å². The van der Waals surface area contributed by atoms with E-state index in [0.717, 1.165) is 0 Å². The van der Waals surface area contributed by atoms with E-state index >= 15 is 0 Å². The summed E-state index contributed by atoms with van der Waals surface area (Å²) in [6.07, 6.45) is 1.84. The van der Waals surface area contributed by atoms with Crippen LogP contribution < -0.4 is 0 Å². The molecule has 0 amide bonds. The molecule has 0 aliphatic heterocycles. The van der Waals surface area contributed by atoms with Crippen LogP contribution in [-0.2, 0) is 14.3 Å². The number of methoxy groups -OCH3 is 1. The molecule has 0 aromatic carbocycles. The lowest BCUT2D eigenvalue weighted by Gasteiger charge is -2.16. The van der Waals surface area contributed by atoms with E-state index in [1.165, 1.54) is 18.9 Å². The zero-order chi connectivity index (χ0) is 10.4. The molecule has 0 N–H and O–H groups in total. The van der Waals surface area contributed by atoms with Gasteiger partial charge in [-0.3, -0.25) is 9.59 Å². The smallest absolute Gasteiger partial charge is 0.316 e. The summed E-state index contributed by atoms with van der Waals surface area (Å²) in [4.78, 5) is 22.7. The van der Waals surface area contributed by atoms with Crippen LogP contribution in [0.4, 0.5) is 0 Å². The number of rotatable bonds is 5. The van der Waals surface area contributed by atoms with Crippen molar-refractivity contribution in [1.29, 1.82) is 0 Å². The number of hydrogen-bond donors (Lipinski definition) is 0. The lowest BCUT2D eigenvalue weighted by atomic mass is 9.92. The van der Waals surface area contributed by atoms with Gasteiger partial charge in [-0.15, -0.1) is 0 Å². The average molecular weight is 204 g/mol. The molecule has 0 aliphatic rings. The molecular formula is C9H16O3S. The van der Waals surface area contributed by atoms with Crippen LogP contribution in [0, 0.1) is 11.8 Å². The maximum absolute atomic E-state index is 11.5. The molecule has 0 rings (SSSR count). The molecule has 0 bridgehead atoms. The zero-order valence-electron chi connectivity index (χ0n) is 8.49. The van der Waals surface area contributed by atoms with Crippen molar-refractivity contribution in [2.45, 2.75) is 13.8 Å². The summed E-state index contributed by atoms with van der Waals surface area (Å²) in [7, 11) is 1.31. The number of carbonyl (C=O) groups is 2. The van der Waals surface area contributed by atoms with Gasteiger partial charge in [-0.2, -0.15) is 11.8 Å². The van der Waals surface area contributed by atoms with Crippen molar-refractivity contribution in [3.05, 3.63) is 0 Å². The van der Waals surface area contributed by atoms with Crippen LogP contribution in [0.3, 0.4) is 0 Å². The SMILES string of the molecule is COC(=O)C(C(=O)CSC)C(C)C. The molecular weight excluding hydrogens is 188 g/mol. The van der Waals surface area contributed by atoms with Crippen molar-refractivity contribution < 1.29 is 14.3 Å². The summed E-state index contributed by atoms with van der Waals surface area (Å²) in [5.74, 6) is -0.689. The predicted octanol–water partition coefficient (Wildman–Crippen LogP) is 1.36. The number of esters is 1. The van der Waals surface area contributed by atoms with Gasteiger partial charge in [0.2, 0.25) is 0 Å². The van der Waals surface area contributed by atoms with E-state index in [-0.39, 0.29) is 11.7 Å². The first-order valence-corrected chi connectivity index (χ1v) is 5.53. The number of ether oxygens (including phenoxy) is 1. The fourth-order valence-corrected chi connectivity index (χ4v) is 1.60. The molecule has 0 fully saturated rings. The van der Waals surface area contributed by atoms with Gasteiger partial charge in [0.05, 0.1) is 12.9 Å². The fourth-order valence-electron chi connectivity index (χ4n) is 1.13. The number of carbonyl (C=O) groups excluding carboxylic acids is 2. The van der Waals surface area contributed by atoms with Crippen molar-refractivity contribution in [2.75, 3.05) is 19.1 Å².